The van der Waals surface area contributed by atoms with Crippen LogP contribution in [-0.4, -0.2) is 75.4 Å². The van der Waals surface area contributed by atoms with E-state index >= 15 is 0 Å². The van der Waals surface area contributed by atoms with Crippen LogP contribution in [0.15, 0.2) is 23.4 Å². The van der Waals surface area contributed by atoms with Gasteiger partial charge in [0, 0.05) is 38.1 Å². The number of nitrogens with one attached hydrogen (secondary N) is 2. The van der Waals surface area contributed by atoms with E-state index in [-0.39, 0.29) is 24.2 Å². The van der Waals surface area contributed by atoms with Crippen molar-refractivity contribution in [3.8, 4) is 0 Å². The standard InChI is InChI=1S/C22H26F5N7O3/c1-12(31-14-9-30-32-20(35)18(14)22(25,26)27)11-37-16-4-7-34(21(16)36)13-2-5-33(6-3-13)17-10-28-15(8-29-17)19(23)24/h8-10,12-13,16,19H,2-7,11H2,1H3,(H2,31,32,35)/t12?,16-/m0/s1. The van der Waals surface area contributed by atoms with Crippen LogP contribution in [0.25, 0.3) is 0 Å². The molecular formula is C22H26F5N7O3. The summed E-state index contributed by atoms with van der Waals surface area (Å²) >= 11 is 0. The van der Waals surface area contributed by atoms with Gasteiger partial charge in [0.05, 0.1) is 30.9 Å². The number of hydrogen-bond acceptors (Lipinski definition) is 8. The number of hydrogen-bond donors (Lipinski definition) is 2. The summed E-state index contributed by atoms with van der Waals surface area (Å²) in [6, 6.07) is -0.648. The van der Waals surface area contributed by atoms with Gasteiger partial charge in [-0.15, -0.1) is 0 Å². The number of H-pyrrole nitrogens is 1. The summed E-state index contributed by atoms with van der Waals surface area (Å²) in [6.07, 6.45) is -3.23. The van der Waals surface area contributed by atoms with Gasteiger partial charge in [0.1, 0.15) is 23.2 Å². The average molecular weight is 531 g/mol. The molecule has 2 aromatic rings. The third kappa shape index (κ3) is 6.14. The molecule has 4 heterocycles. The fourth-order valence-corrected chi connectivity index (χ4v) is 4.56. The first-order chi connectivity index (χ1) is 17.5. The molecule has 2 atom stereocenters. The third-order valence-electron chi connectivity index (χ3n) is 6.39. The van der Waals surface area contributed by atoms with Crippen LogP contribution in [0.1, 0.15) is 43.9 Å². The van der Waals surface area contributed by atoms with Gasteiger partial charge >= 0.3 is 6.18 Å². The van der Waals surface area contributed by atoms with E-state index in [4.69, 9.17) is 4.74 Å². The SMILES string of the molecule is CC(CO[C@H]1CCN(C2CCN(c3cnc(C(F)F)cn3)CC2)C1=O)Nc1cn[nH]c(=O)c1C(F)(F)F. The fourth-order valence-electron chi connectivity index (χ4n) is 4.56. The number of aromatic nitrogens is 4. The van der Waals surface area contributed by atoms with Crippen LogP contribution in [0.4, 0.5) is 33.5 Å². The number of carbonyl (C=O) groups excluding carboxylic acids is 1. The van der Waals surface area contributed by atoms with E-state index in [0.717, 1.165) is 12.4 Å². The van der Waals surface area contributed by atoms with Crippen molar-refractivity contribution in [1.82, 2.24) is 25.1 Å². The first kappa shape index (κ1) is 26.7. The Morgan fingerprint density at radius 1 is 1.11 bits per heavy atom. The number of alkyl halides is 5. The molecule has 0 aromatic carbocycles. The van der Waals surface area contributed by atoms with Crippen LogP contribution >= 0.6 is 0 Å². The number of aromatic amines is 1. The van der Waals surface area contributed by atoms with E-state index in [1.54, 1.807) is 16.9 Å². The van der Waals surface area contributed by atoms with E-state index in [0.29, 0.717) is 44.7 Å². The molecule has 0 spiro atoms. The Bertz CT molecular complexity index is 1140. The van der Waals surface area contributed by atoms with Crippen molar-refractivity contribution < 1.29 is 31.5 Å². The zero-order chi connectivity index (χ0) is 26.7. The maximum Gasteiger partial charge on any atom is 0.423 e. The summed E-state index contributed by atoms with van der Waals surface area (Å²) in [5.74, 6) is 0.322. The first-order valence-corrected chi connectivity index (χ1v) is 11.7. The molecule has 2 fully saturated rings. The van der Waals surface area contributed by atoms with Crippen LogP contribution in [0.2, 0.25) is 0 Å². The minimum absolute atomic E-state index is 0.0161. The van der Waals surface area contributed by atoms with E-state index in [1.165, 1.54) is 6.20 Å². The third-order valence-corrected chi connectivity index (χ3v) is 6.39. The molecule has 10 nitrogen and oxygen atoms in total. The van der Waals surface area contributed by atoms with Gasteiger partial charge in [0.25, 0.3) is 17.9 Å². The summed E-state index contributed by atoms with van der Waals surface area (Å²) in [7, 11) is 0. The molecule has 202 valence electrons. The smallest absolute Gasteiger partial charge is 0.378 e. The number of anilines is 2. The minimum Gasteiger partial charge on any atom is -0.378 e. The predicted molar refractivity (Wildman–Crippen MR) is 121 cm³/mol. The molecule has 0 aliphatic carbocycles. The van der Waals surface area contributed by atoms with Crippen molar-refractivity contribution in [1.29, 1.82) is 0 Å². The van der Waals surface area contributed by atoms with Gasteiger partial charge in [0.15, 0.2) is 0 Å². The van der Waals surface area contributed by atoms with Crippen molar-refractivity contribution in [3.63, 3.8) is 0 Å². The number of amides is 1. The summed E-state index contributed by atoms with van der Waals surface area (Å²) in [4.78, 5) is 36.0. The second kappa shape index (κ2) is 10.9. The molecule has 1 unspecified atom stereocenters. The van der Waals surface area contributed by atoms with Crippen LogP contribution in [-0.2, 0) is 15.7 Å². The van der Waals surface area contributed by atoms with Crippen molar-refractivity contribution in [2.24, 2.45) is 0 Å². The van der Waals surface area contributed by atoms with Gasteiger partial charge in [-0.25, -0.2) is 23.8 Å². The van der Waals surface area contributed by atoms with Crippen LogP contribution in [0.3, 0.4) is 0 Å². The highest BCUT2D eigenvalue weighted by Gasteiger charge is 2.39. The lowest BCUT2D eigenvalue weighted by Crippen LogP contribution is -2.47. The summed E-state index contributed by atoms with van der Waals surface area (Å²) in [5, 5.41) is 7.78. The van der Waals surface area contributed by atoms with Crippen molar-refractivity contribution in [3.05, 3.63) is 40.2 Å². The molecule has 2 saturated heterocycles. The highest BCUT2D eigenvalue weighted by atomic mass is 19.4. The van der Waals surface area contributed by atoms with E-state index in [2.05, 4.69) is 20.4 Å². The van der Waals surface area contributed by atoms with Crippen molar-refractivity contribution in [2.75, 3.05) is 36.5 Å². The maximum atomic E-state index is 13.2. The molecule has 0 radical (unpaired) electrons. The number of rotatable bonds is 8. The molecule has 2 aliphatic rings. The normalized spacial score (nSPS) is 20.1. The molecule has 1 amide bonds. The monoisotopic (exact) mass is 531 g/mol. The predicted octanol–water partition coefficient (Wildman–Crippen LogP) is 2.60. The lowest BCUT2D eigenvalue weighted by molar-refractivity contribution is -0.139. The molecule has 0 saturated carbocycles. The summed E-state index contributed by atoms with van der Waals surface area (Å²) in [5.41, 5.74) is -3.57. The number of carbonyl (C=O) groups is 1. The highest BCUT2D eigenvalue weighted by Crippen LogP contribution is 2.32. The molecule has 2 N–H and O–H groups in total. The fraction of sp³-hybridized carbons (Fsp3) is 0.591. The van der Waals surface area contributed by atoms with Gasteiger partial charge in [-0.1, -0.05) is 0 Å². The van der Waals surface area contributed by atoms with Gasteiger partial charge in [-0.05, 0) is 19.8 Å². The van der Waals surface area contributed by atoms with Gasteiger partial charge in [-0.3, -0.25) is 9.59 Å². The number of halogens is 5. The largest absolute Gasteiger partial charge is 0.423 e. The number of nitrogens with zero attached hydrogens (tertiary/aromatic N) is 5. The Kier molecular flexibility index (Phi) is 7.90. The zero-order valence-electron chi connectivity index (χ0n) is 19.8. The van der Waals surface area contributed by atoms with Crippen molar-refractivity contribution in [2.45, 2.75) is 57.0 Å². The van der Waals surface area contributed by atoms with Crippen LogP contribution in [0.5, 0.6) is 0 Å². The van der Waals surface area contributed by atoms with E-state index in [1.807, 2.05) is 4.90 Å². The lowest BCUT2D eigenvalue weighted by atomic mass is 10.0. The Morgan fingerprint density at radius 3 is 2.46 bits per heavy atom. The number of piperidine rings is 1. The highest BCUT2D eigenvalue weighted by molar-refractivity contribution is 5.83. The quantitative estimate of drug-likeness (QED) is 0.500. The molecule has 2 aromatic heterocycles. The van der Waals surface area contributed by atoms with Gasteiger partial charge in [-0.2, -0.15) is 18.3 Å². The average Bonchev–Trinajstić information content (AvgIpc) is 3.22. The molecular weight excluding hydrogens is 505 g/mol. The second-order valence-electron chi connectivity index (χ2n) is 8.99. The van der Waals surface area contributed by atoms with E-state index in [9.17, 15) is 31.5 Å². The number of ether oxygens (including phenoxy) is 1. The van der Waals surface area contributed by atoms with Gasteiger partial charge in [0.2, 0.25) is 0 Å². The number of likely N-dealkylation sites (tertiary alicyclic amines) is 1. The zero-order valence-corrected chi connectivity index (χ0v) is 19.8. The second-order valence-corrected chi connectivity index (χ2v) is 8.99. The Hall–Kier alpha value is -3.36. The lowest BCUT2D eigenvalue weighted by Gasteiger charge is -2.37. The topological polar surface area (TPSA) is 116 Å². The molecule has 0 bridgehead atoms. The van der Waals surface area contributed by atoms with Crippen LogP contribution in [0, 0.1) is 0 Å². The maximum absolute atomic E-state index is 13.2. The minimum atomic E-state index is -4.86. The van der Waals surface area contributed by atoms with E-state index < -0.39 is 41.6 Å². The summed E-state index contributed by atoms with van der Waals surface area (Å²) in [6.45, 7) is 3.17. The first-order valence-electron chi connectivity index (χ1n) is 11.7. The Balaban J connectivity index is 1.27. The van der Waals surface area contributed by atoms with Crippen molar-refractivity contribution >= 4 is 17.4 Å². The molecule has 15 heteroatoms. The molecule has 2 aliphatic heterocycles. The van der Waals surface area contributed by atoms with Crippen LogP contribution < -0.4 is 15.8 Å². The molecule has 37 heavy (non-hydrogen) atoms. The Morgan fingerprint density at radius 2 is 1.84 bits per heavy atom. The molecule has 4 rings (SSSR count). The summed E-state index contributed by atoms with van der Waals surface area (Å²) < 4.78 is 70.7. The van der Waals surface area contributed by atoms with Gasteiger partial charge < -0.3 is 19.9 Å². The Labute approximate surface area is 208 Å².